The standard InChI is InChI=1S/C20H32N8/c1-2-4-18-17(3-1)25-19(27-13-9-21-5-6-22-10-14-27)20(26-18)28-15-11-23-7-8-24-12-16-28/h1-4,21-24H,5-16H2. The lowest BCUT2D eigenvalue weighted by molar-refractivity contribution is 0.652. The first-order valence-electron chi connectivity index (χ1n) is 10.5. The molecule has 28 heavy (non-hydrogen) atoms. The van der Waals surface area contributed by atoms with Crippen molar-refractivity contribution in [2.75, 3.05) is 88.3 Å². The van der Waals surface area contributed by atoms with E-state index in [1.165, 1.54) is 0 Å². The van der Waals surface area contributed by atoms with Gasteiger partial charge in [-0.3, -0.25) is 0 Å². The molecular formula is C20H32N8. The van der Waals surface area contributed by atoms with Crippen LogP contribution in [-0.2, 0) is 0 Å². The van der Waals surface area contributed by atoms with E-state index in [1.54, 1.807) is 0 Å². The predicted octanol–water partition coefficient (Wildman–Crippen LogP) is -0.372. The zero-order chi connectivity index (χ0) is 19.0. The van der Waals surface area contributed by atoms with Gasteiger partial charge in [0.25, 0.3) is 0 Å². The number of anilines is 2. The van der Waals surface area contributed by atoms with Crippen LogP contribution in [0, 0.1) is 0 Å². The number of hydrogen-bond acceptors (Lipinski definition) is 8. The molecule has 2 aliphatic rings. The third-order valence-corrected chi connectivity index (χ3v) is 5.32. The van der Waals surface area contributed by atoms with Gasteiger partial charge in [-0.05, 0) is 12.1 Å². The van der Waals surface area contributed by atoms with Gasteiger partial charge in [-0.1, -0.05) is 12.1 Å². The Labute approximate surface area is 167 Å². The van der Waals surface area contributed by atoms with Crippen LogP contribution in [-0.4, -0.2) is 88.5 Å². The Morgan fingerprint density at radius 1 is 0.536 bits per heavy atom. The fourth-order valence-corrected chi connectivity index (χ4v) is 3.76. The fraction of sp³-hybridized carbons (Fsp3) is 0.600. The van der Waals surface area contributed by atoms with Crippen LogP contribution >= 0.6 is 0 Å². The summed E-state index contributed by atoms with van der Waals surface area (Å²) in [5.41, 5.74) is 1.92. The summed E-state index contributed by atoms with van der Waals surface area (Å²) in [4.78, 5) is 14.9. The van der Waals surface area contributed by atoms with E-state index in [1.807, 2.05) is 12.1 Å². The topological polar surface area (TPSA) is 80.4 Å². The molecule has 0 saturated carbocycles. The van der Waals surface area contributed by atoms with Gasteiger partial charge < -0.3 is 31.1 Å². The molecule has 2 fully saturated rings. The highest BCUT2D eigenvalue weighted by molar-refractivity contribution is 5.81. The van der Waals surface area contributed by atoms with Crippen molar-refractivity contribution in [1.82, 2.24) is 31.2 Å². The molecule has 1 aromatic heterocycles. The second kappa shape index (κ2) is 9.97. The van der Waals surface area contributed by atoms with Crippen LogP contribution in [0.15, 0.2) is 24.3 Å². The molecule has 8 heteroatoms. The third-order valence-electron chi connectivity index (χ3n) is 5.32. The molecule has 3 heterocycles. The lowest BCUT2D eigenvalue weighted by atomic mass is 10.3. The Morgan fingerprint density at radius 3 is 1.25 bits per heavy atom. The van der Waals surface area contributed by atoms with Crippen molar-refractivity contribution in [2.24, 2.45) is 0 Å². The molecular weight excluding hydrogens is 352 g/mol. The van der Waals surface area contributed by atoms with Gasteiger partial charge in [0.1, 0.15) is 0 Å². The van der Waals surface area contributed by atoms with Gasteiger partial charge in [-0.2, -0.15) is 0 Å². The molecule has 0 spiro atoms. The minimum atomic E-state index is 0.937. The third kappa shape index (κ3) is 4.88. The highest BCUT2D eigenvalue weighted by Crippen LogP contribution is 2.28. The molecule has 4 rings (SSSR count). The summed E-state index contributed by atoms with van der Waals surface area (Å²) in [7, 11) is 0. The molecule has 0 amide bonds. The van der Waals surface area contributed by atoms with Gasteiger partial charge in [0, 0.05) is 78.5 Å². The predicted molar refractivity (Wildman–Crippen MR) is 115 cm³/mol. The van der Waals surface area contributed by atoms with Gasteiger partial charge >= 0.3 is 0 Å². The van der Waals surface area contributed by atoms with Crippen molar-refractivity contribution in [1.29, 1.82) is 0 Å². The van der Waals surface area contributed by atoms with E-state index in [4.69, 9.17) is 9.97 Å². The molecule has 2 saturated heterocycles. The summed E-state index contributed by atoms with van der Waals surface area (Å²) >= 11 is 0. The van der Waals surface area contributed by atoms with E-state index in [9.17, 15) is 0 Å². The van der Waals surface area contributed by atoms with E-state index in [2.05, 4.69) is 43.2 Å². The monoisotopic (exact) mass is 384 g/mol. The van der Waals surface area contributed by atoms with Crippen molar-refractivity contribution in [2.45, 2.75) is 0 Å². The van der Waals surface area contributed by atoms with E-state index in [-0.39, 0.29) is 0 Å². The van der Waals surface area contributed by atoms with E-state index in [0.29, 0.717) is 0 Å². The van der Waals surface area contributed by atoms with Gasteiger partial charge in [-0.25, -0.2) is 9.97 Å². The Balaban J connectivity index is 1.70. The van der Waals surface area contributed by atoms with Crippen molar-refractivity contribution in [3.05, 3.63) is 24.3 Å². The summed E-state index contributed by atoms with van der Waals surface area (Å²) in [6.45, 7) is 11.6. The van der Waals surface area contributed by atoms with Crippen molar-refractivity contribution < 1.29 is 0 Å². The Bertz CT molecular complexity index is 670. The van der Waals surface area contributed by atoms with Crippen molar-refractivity contribution in [3.63, 3.8) is 0 Å². The Morgan fingerprint density at radius 2 is 0.893 bits per heavy atom. The van der Waals surface area contributed by atoms with Gasteiger partial charge in [0.2, 0.25) is 0 Å². The minimum absolute atomic E-state index is 0.937. The maximum absolute atomic E-state index is 5.08. The molecule has 2 aliphatic heterocycles. The summed E-state index contributed by atoms with van der Waals surface area (Å²) in [6.07, 6.45) is 0. The van der Waals surface area contributed by atoms with Crippen LogP contribution in [0.3, 0.4) is 0 Å². The fourth-order valence-electron chi connectivity index (χ4n) is 3.76. The number of benzene rings is 1. The van der Waals surface area contributed by atoms with Crippen LogP contribution in [0.2, 0.25) is 0 Å². The Kier molecular flexibility index (Phi) is 6.88. The zero-order valence-corrected chi connectivity index (χ0v) is 16.6. The van der Waals surface area contributed by atoms with Crippen molar-refractivity contribution in [3.8, 4) is 0 Å². The molecule has 8 nitrogen and oxygen atoms in total. The molecule has 0 radical (unpaired) electrons. The first-order chi connectivity index (χ1) is 13.9. The summed E-state index contributed by atoms with van der Waals surface area (Å²) in [5, 5.41) is 14.0. The molecule has 152 valence electrons. The lowest BCUT2D eigenvalue weighted by Gasteiger charge is -2.30. The second-order valence-corrected chi connectivity index (χ2v) is 7.33. The normalized spacial score (nSPS) is 20.6. The van der Waals surface area contributed by atoms with Crippen LogP contribution < -0.4 is 31.1 Å². The lowest BCUT2D eigenvalue weighted by Crippen LogP contribution is -2.39. The maximum atomic E-state index is 5.08. The number of nitrogens with zero attached hydrogens (tertiary/aromatic N) is 4. The number of hydrogen-bond donors (Lipinski definition) is 4. The zero-order valence-electron chi connectivity index (χ0n) is 16.6. The van der Waals surface area contributed by atoms with Crippen LogP contribution in [0.25, 0.3) is 11.0 Å². The quantitative estimate of drug-likeness (QED) is 0.559. The Hall–Kier alpha value is -2.00. The summed E-state index contributed by atoms with van der Waals surface area (Å²) in [5.74, 6) is 2.01. The molecule has 0 bridgehead atoms. The maximum Gasteiger partial charge on any atom is 0.172 e. The highest BCUT2D eigenvalue weighted by Gasteiger charge is 2.21. The molecule has 1 aromatic carbocycles. The number of aromatic nitrogens is 2. The molecule has 0 aliphatic carbocycles. The number of para-hydroxylation sites is 2. The smallest absolute Gasteiger partial charge is 0.172 e. The minimum Gasteiger partial charge on any atom is -0.351 e. The van der Waals surface area contributed by atoms with Gasteiger partial charge in [0.15, 0.2) is 11.6 Å². The SMILES string of the molecule is c1ccc2nc(N3CCNCCNCC3)c(N3CCNCCNCC3)nc2c1. The first-order valence-corrected chi connectivity index (χ1v) is 10.5. The van der Waals surface area contributed by atoms with Crippen LogP contribution in [0.4, 0.5) is 11.6 Å². The van der Waals surface area contributed by atoms with Crippen molar-refractivity contribution >= 4 is 22.7 Å². The van der Waals surface area contributed by atoms with E-state index >= 15 is 0 Å². The molecule has 0 atom stereocenters. The largest absolute Gasteiger partial charge is 0.351 e. The first kappa shape index (κ1) is 19.3. The van der Waals surface area contributed by atoms with Crippen LogP contribution in [0.1, 0.15) is 0 Å². The van der Waals surface area contributed by atoms with Crippen LogP contribution in [0.5, 0.6) is 0 Å². The molecule has 4 N–H and O–H groups in total. The van der Waals surface area contributed by atoms with Gasteiger partial charge in [0.05, 0.1) is 11.0 Å². The average molecular weight is 385 g/mol. The number of rotatable bonds is 2. The van der Waals surface area contributed by atoms with E-state index in [0.717, 1.165) is 101 Å². The average Bonchev–Trinajstić information content (AvgIpc) is 2.96. The number of nitrogens with one attached hydrogen (secondary N) is 4. The molecule has 2 aromatic rings. The van der Waals surface area contributed by atoms with E-state index < -0.39 is 0 Å². The second-order valence-electron chi connectivity index (χ2n) is 7.33. The summed E-state index contributed by atoms with van der Waals surface area (Å²) < 4.78 is 0. The summed E-state index contributed by atoms with van der Waals surface area (Å²) in [6, 6.07) is 8.19. The number of fused-ring (bicyclic) bond motifs is 1. The molecule has 0 unspecified atom stereocenters. The highest BCUT2D eigenvalue weighted by atomic mass is 15.3. The van der Waals surface area contributed by atoms with Gasteiger partial charge in [-0.15, -0.1) is 0 Å².